The molecule has 6 nitrogen and oxygen atoms in total. The molecule has 2 aliphatic rings. The van der Waals surface area contributed by atoms with E-state index >= 15 is 0 Å². The van der Waals surface area contributed by atoms with Gasteiger partial charge in [0.2, 0.25) is 5.91 Å². The summed E-state index contributed by atoms with van der Waals surface area (Å²) in [5, 5.41) is 2.78. The number of aromatic nitrogens is 1. The third kappa shape index (κ3) is 3.27. The van der Waals surface area contributed by atoms with Gasteiger partial charge in [-0.1, -0.05) is 13.0 Å². The van der Waals surface area contributed by atoms with Crippen molar-refractivity contribution < 1.29 is 19.1 Å². The third-order valence-corrected chi connectivity index (χ3v) is 5.34. The fourth-order valence-electron chi connectivity index (χ4n) is 3.89. The van der Waals surface area contributed by atoms with Crippen LogP contribution in [0.25, 0.3) is 0 Å². The number of esters is 1. The van der Waals surface area contributed by atoms with Gasteiger partial charge >= 0.3 is 5.97 Å². The third-order valence-electron chi connectivity index (χ3n) is 5.34. The minimum atomic E-state index is -0.140. The molecule has 1 N–H and O–H groups in total. The zero-order chi connectivity index (χ0) is 19.0. The van der Waals surface area contributed by atoms with Gasteiger partial charge in [-0.15, -0.1) is 0 Å². The fraction of sp³-hybridized carbons (Fsp3) is 0.381. The standard InChI is InChI=1S/C21H22N2O4/c1-3-26-21(25)17-10-13-4-5-14(11-16(13)12(17)2)27-18-8-9-22-20-15(18)6-7-19(24)23-20/h4-5,8-9,11-12,17H,3,6-7,10H2,1-2H3,(H,22,23,24). The quantitative estimate of drug-likeness (QED) is 0.837. The van der Waals surface area contributed by atoms with E-state index in [2.05, 4.69) is 17.2 Å². The Kier molecular flexibility index (Phi) is 4.56. The highest BCUT2D eigenvalue weighted by Gasteiger charge is 2.35. The molecule has 4 rings (SSSR count). The number of amides is 1. The van der Waals surface area contributed by atoms with Gasteiger partial charge in [-0.05, 0) is 55.0 Å². The zero-order valence-corrected chi connectivity index (χ0v) is 15.5. The molecule has 1 aromatic carbocycles. The molecule has 1 amide bonds. The molecule has 0 bridgehead atoms. The molecule has 6 heteroatoms. The van der Waals surface area contributed by atoms with E-state index in [1.54, 1.807) is 6.20 Å². The smallest absolute Gasteiger partial charge is 0.309 e. The summed E-state index contributed by atoms with van der Waals surface area (Å²) < 4.78 is 11.3. The van der Waals surface area contributed by atoms with E-state index in [-0.39, 0.29) is 23.7 Å². The average molecular weight is 366 g/mol. The van der Waals surface area contributed by atoms with E-state index in [0.717, 1.165) is 22.4 Å². The maximum Gasteiger partial charge on any atom is 0.309 e. The Hall–Kier alpha value is -2.89. The number of pyridine rings is 1. The zero-order valence-electron chi connectivity index (χ0n) is 15.5. The first-order valence-electron chi connectivity index (χ1n) is 9.32. The highest BCUT2D eigenvalue weighted by molar-refractivity contribution is 5.93. The number of benzene rings is 1. The summed E-state index contributed by atoms with van der Waals surface area (Å²) in [4.78, 5) is 28.0. The number of fused-ring (bicyclic) bond motifs is 2. The largest absolute Gasteiger partial charge is 0.466 e. The van der Waals surface area contributed by atoms with Crippen molar-refractivity contribution in [3.05, 3.63) is 47.2 Å². The number of anilines is 1. The Morgan fingerprint density at radius 2 is 2.15 bits per heavy atom. The van der Waals surface area contributed by atoms with Gasteiger partial charge in [0.15, 0.2) is 0 Å². The summed E-state index contributed by atoms with van der Waals surface area (Å²) in [5.41, 5.74) is 3.20. The van der Waals surface area contributed by atoms with Gasteiger partial charge in [-0.25, -0.2) is 4.98 Å². The molecule has 0 spiro atoms. The fourth-order valence-corrected chi connectivity index (χ4v) is 3.89. The summed E-state index contributed by atoms with van der Waals surface area (Å²) in [7, 11) is 0. The Balaban J connectivity index is 1.58. The molecule has 0 radical (unpaired) electrons. The van der Waals surface area contributed by atoms with Gasteiger partial charge < -0.3 is 14.8 Å². The van der Waals surface area contributed by atoms with Crippen LogP contribution < -0.4 is 10.1 Å². The molecule has 2 unspecified atom stereocenters. The molecule has 2 aromatic rings. The second-order valence-corrected chi connectivity index (χ2v) is 7.00. The molecule has 0 saturated carbocycles. The summed E-state index contributed by atoms with van der Waals surface area (Å²) in [5.74, 6) is 1.78. The van der Waals surface area contributed by atoms with Crippen molar-refractivity contribution in [1.82, 2.24) is 4.98 Å². The number of carbonyl (C=O) groups is 2. The lowest BCUT2D eigenvalue weighted by molar-refractivity contribution is -0.148. The second kappa shape index (κ2) is 7.02. The summed E-state index contributed by atoms with van der Waals surface area (Å²) in [6.45, 7) is 4.28. The van der Waals surface area contributed by atoms with Gasteiger partial charge in [-0.2, -0.15) is 0 Å². The SMILES string of the molecule is CCOC(=O)C1Cc2ccc(Oc3ccnc4c3CCC(=O)N4)cc2C1C. The van der Waals surface area contributed by atoms with Crippen LogP contribution in [0.4, 0.5) is 5.82 Å². The molecule has 1 aliphatic heterocycles. The highest BCUT2D eigenvalue weighted by Crippen LogP contribution is 2.41. The molecular formula is C21H22N2O4. The molecule has 2 heterocycles. The molecule has 27 heavy (non-hydrogen) atoms. The molecule has 2 atom stereocenters. The first kappa shape index (κ1) is 17.5. The van der Waals surface area contributed by atoms with Crippen molar-refractivity contribution in [2.75, 3.05) is 11.9 Å². The minimum absolute atomic E-state index is 0.0245. The van der Waals surface area contributed by atoms with Crippen LogP contribution in [0.1, 0.15) is 42.9 Å². The number of hydrogen-bond acceptors (Lipinski definition) is 5. The Morgan fingerprint density at radius 1 is 1.30 bits per heavy atom. The van der Waals surface area contributed by atoms with E-state index in [9.17, 15) is 9.59 Å². The van der Waals surface area contributed by atoms with Crippen molar-refractivity contribution in [3.63, 3.8) is 0 Å². The van der Waals surface area contributed by atoms with E-state index in [0.29, 0.717) is 37.4 Å². The highest BCUT2D eigenvalue weighted by atomic mass is 16.5. The minimum Gasteiger partial charge on any atom is -0.466 e. The number of carbonyl (C=O) groups excluding carboxylic acids is 2. The Bertz CT molecular complexity index is 909. The van der Waals surface area contributed by atoms with Crippen molar-refractivity contribution in [2.45, 2.75) is 39.0 Å². The molecule has 0 saturated heterocycles. The van der Waals surface area contributed by atoms with Crippen LogP contribution in [0.2, 0.25) is 0 Å². The van der Waals surface area contributed by atoms with Gasteiger partial charge in [-0.3, -0.25) is 9.59 Å². The number of hydrogen-bond donors (Lipinski definition) is 1. The van der Waals surface area contributed by atoms with Crippen LogP contribution >= 0.6 is 0 Å². The number of nitrogens with zero attached hydrogens (tertiary/aromatic N) is 1. The van der Waals surface area contributed by atoms with Crippen LogP contribution in [-0.4, -0.2) is 23.5 Å². The van der Waals surface area contributed by atoms with Gasteiger partial charge in [0.05, 0.1) is 12.5 Å². The summed E-state index contributed by atoms with van der Waals surface area (Å²) in [6.07, 6.45) is 3.37. The Labute approximate surface area is 157 Å². The lowest BCUT2D eigenvalue weighted by atomic mass is 9.95. The topological polar surface area (TPSA) is 77.5 Å². The molecule has 1 aliphatic carbocycles. The second-order valence-electron chi connectivity index (χ2n) is 7.00. The number of ether oxygens (including phenoxy) is 2. The van der Waals surface area contributed by atoms with Crippen LogP contribution in [0.3, 0.4) is 0 Å². The molecule has 140 valence electrons. The summed E-state index contributed by atoms with van der Waals surface area (Å²) >= 11 is 0. The molecule has 0 fully saturated rings. The average Bonchev–Trinajstić information content (AvgIpc) is 2.98. The van der Waals surface area contributed by atoms with Crippen molar-refractivity contribution >= 4 is 17.7 Å². The monoisotopic (exact) mass is 366 g/mol. The van der Waals surface area contributed by atoms with Crippen LogP contribution in [0.15, 0.2) is 30.5 Å². The molecule has 1 aromatic heterocycles. The van der Waals surface area contributed by atoms with E-state index in [1.807, 2.05) is 31.2 Å². The van der Waals surface area contributed by atoms with Crippen LogP contribution in [-0.2, 0) is 27.2 Å². The van der Waals surface area contributed by atoms with E-state index in [4.69, 9.17) is 9.47 Å². The van der Waals surface area contributed by atoms with Gasteiger partial charge in [0.1, 0.15) is 17.3 Å². The van der Waals surface area contributed by atoms with E-state index in [1.165, 1.54) is 0 Å². The first-order chi connectivity index (χ1) is 13.1. The predicted molar refractivity (Wildman–Crippen MR) is 99.9 cm³/mol. The van der Waals surface area contributed by atoms with Gasteiger partial charge in [0.25, 0.3) is 0 Å². The number of rotatable bonds is 4. The lowest BCUT2D eigenvalue weighted by Gasteiger charge is -2.19. The normalized spacial score (nSPS) is 20.4. The van der Waals surface area contributed by atoms with E-state index < -0.39 is 0 Å². The van der Waals surface area contributed by atoms with Crippen molar-refractivity contribution in [3.8, 4) is 11.5 Å². The van der Waals surface area contributed by atoms with Crippen LogP contribution in [0, 0.1) is 5.92 Å². The van der Waals surface area contributed by atoms with Gasteiger partial charge in [0, 0.05) is 18.2 Å². The van der Waals surface area contributed by atoms with Crippen LogP contribution in [0.5, 0.6) is 11.5 Å². The predicted octanol–water partition coefficient (Wildman–Crippen LogP) is 3.60. The Morgan fingerprint density at radius 3 is 2.96 bits per heavy atom. The molecular weight excluding hydrogens is 344 g/mol. The van der Waals surface area contributed by atoms with Crippen molar-refractivity contribution in [2.24, 2.45) is 5.92 Å². The maximum atomic E-state index is 12.2. The summed E-state index contributed by atoms with van der Waals surface area (Å²) in [6, 6.07) is 7.77. The maximum absolute atomic E-state index is 12.2. The number of nitrogens with one attached hydrogen (secondary N) is 1. The first-order valence-corrected chi connectivity index (χ1v) is 9.32. The van der Waals surface area contributed by atoms with Crippen molar-refractivity contribution in [1.29, 1.82) is 0 Å². The lowest BCUT2D eigenvalue weighted by Crippen LogP contribution is -2.20.